The van der Waals surface area contributed by atoms with E-state index in [1.54, 1.807) is 30.3 Å². The lowest BCUT2D eigenvalue weighted by Gasteiger charge is -2.13. The number of benzene rings is 3. The predicted octanol–water partition coefficient (Wildman–Crippen LogP) is 5.56. The van der Waals surface area contributed by atoms with Gasteiger partial charge in [0, 0.05) is 10.7 Å². The monoisotopic (exact) mass is 352 g/mol. The van der Waals surface area contributed by atoms with Gasteiger partial charge in [0.1, 0.15) is 12.4 Å². The fraction of sp³-hybridized carbons (Fsp3) is 0.0500. The smallest absolute Gasteiger partial charge is 0.323 e. The minimum absolute atomic E-state index is 0.349. The van der Waals surface area contributed by atoms with E-state index in [1.165, 1.54) is 0 Å². The molecular formula is C20H17ClN2O2. The van der Waals surface area contributed by atoms with Crippen molar-refractivity contribution >= 4 is 29.0 Å². The van der Waals surface area contributed by atoms with Gasteiger partial charge in [-0.15, -0.1) is 0 Å². The quantitative estimate of drug-likeness (QED) is 0.631. The zero-order valence-corrected chi connectivity index (χ0v) is 14.2. The summed E-state index contributed by atoms with van der Waals surface area (Å²) in [7, 11) is 0. The average Bonchev–Trinajstić information content (AvgIpc) is 2.64. The van der Waals surface area contributed by atoms with Crippen molar-refractivity contribution in [3.8, 4) is 5.75 Å². The molecule has 0 saturated carbocycles. The van der Waals surface area contributed by atoms with E-state index in [0.717, 1.165) is 5.56 Å². The van der Waals surface area contributed by atoms with Crippen LogP contribution in [0.5, 0.6) is 5.75 Å². The standard InChI is InChI=1S/C20H17ClN2O2/c21-16-10-12-17(13-11-16)22-20(24)23-18-8-4-5-9-19(18)25-14-15-6-2-1-3-7-15/h1-13H,14H2,(H2,22,23,24). The first-order valence-electron chi connectivity index (χ1n) is 7.80. The second-order valence-electron chi connectivity index (χ2n) is 5.36. The highest BCUT2D eigenvalue weighted by molar-refractivity contribution is 6.30. The molecule has 0 bridgehead atoms. The summed E-state index contributed by atoms with van der Waals surface area (Å²) >= 11 is 5.84. The second-order valence-corrected chi connectivity index (χ2v) is 5.79. The van der Waals surface area contributed by atoms with E-state index in [9.17, 15) is 4.79 Å². The van der Waals surface area contributed by atoms with E-state index < -0.39 is 0 Å². The number of carbonyl (C=O) groups is 1. The van der Waals surface area contributed by atoms with Crippen molar-refractivity contribution in [2.45, 2.75) is 6.61 Å². The van der Waals surface area contributed by atoms with Crippen LogP contribution in [0.15, 0.2) is 78.9 Å². The van der Waals surface area contributed by atoms with Crippen LogP contribution in [0.4, 0.5) is 16.2 Å². The van der Waals surface area contributed by atoms with E-state index in [-0.39, 0.29) is 6.03 Å². The molecule has 2 amide bonds. The van der Waals surface area contributed by atoms with Crippen LogP contribution in [-0.4, -0.2) is 6.03 Å². The number of nitrogens with one attached hydrogen (secondary N) is 2. The maximum Gasteiger partial charge on any atom is 0.323 e. The molecule has 0 aromatic heterocycles. The summed E-state index contributed by atoms with van der Waals surface area (Å²) in [6.07, 6.45) is 0. The molecule has 0 fully saturated rings. The molecule has 0 unspecified atom stereocenters. The number of rotatable bonds is 5. The van der Waals surface area contributed by atoms with Gasteiger partial charge in [-0.2, -0.15) is 0 Å². The second kappa shape index (κ2) is 8.22. The maximum atomic E-state index is 12.2. The first kappa shape index (κ1) is 16.9. The zero-order chi connectivity index (χ0) is 17.5. The Balaban J connectivity index is 1.63. The molecule has 0 aliphatic carbocycles. The van der Waals surface area contributed by atoms with Crippen LogP contribution in [0.2, 0.25) is 5.02 Å². The summed E-state index contributed by atoms with van der Waals surface area (Å²) in [6, 6.07) is 23.7. The minimum atomic E-state index is -0.349. The molecule has 2 N–H and O–H groups in total. The van der Waals surface area contributed by atoms with Crippen LogP contribution in [-0.2, 0) is 6.61 Å². The first-order chi connectivity index (χ1) is 12.2. The molecule has 126 valence electrons. The highest BCUT2D eigenvalue weighted by Crippen LogP contribution is 2.25. The van der Waals surface area contributed by atoms with Crippen LogP contribution in [0.1, 0.15) is 5.56 Å². The van der Waals surface area contributed by atoms with E-state index >= 15 is 0 Å². The summed E-state index contributed by atoms with van der Waals surface area (Å²) < 4.78 is 5.83. The van der Waals surface area contributed by atoms with Gasteiger partial charge in [0.05, 0.1) is 5.69 Å². The number of anilines is 2. The molecule has 0 spiro atoms. The summed E-state index contributed by atoms with van der Waals surface area (Å²) in [5, 5.41) is 6.17. The minimum Gasteiger partial charge on any atom is -0.487 e. The van der Waals surface area contributed by atoms with Crippen molar-refractivity contribution in [1.29, 1.82) is 0 Å². The van der Waals surface area contributed by atoms with Gasteiger partial charge >= 0.3 is 6.03 Å². The van der Waals surface area contributed by atoms with Crippen molar-refractivity contribution in [3.05, 3.63) is 89.4 Å². The molecule has 4 nitrogen and oxygen atoms in total. The number of para-hydroxylation sites is 2. The van der Waals surface area contributed by atoms with Crippen molar-refractivity contribution < 1.29 is 9.53 Å². The van der Waals surface area contributed by atoms with Crippen LogP contribution < -0.4 is 15.4 Å². The number of hydrogen-bond donors (Lipinski definition) is 2. The summed E-state index contributed by atoms with van der Waals surface area (Å²) in [5.74, 6) is 0.609. The van der Waals surface area contributed by atoms with Gasteiger partial charge in [-0.25, -0.2) is 4.79 Å². The van der Waals surface area contributed by atoms with Crippen LogP contribution in [0.25, 0.3) is 0 Å². The SMILES string of the molecule is O=C(Nc1ccc(Cl)cc1)Nc1ccccc1OCc1ccccc1. The number of carbonyl (C=O) groups excluding carboxylic acids is 1. The third kappa shape index (κ3) is 4.99. The molecule has 0 heterocycles. The molecule has 3 aromatic rings. The Kier molecular flexibility index (Phi) is 5.54. The third-order valence-electron chi connectivity index (χ3n) is 3.47. The van der Waals surface area contributed by atoms with Gasteiger partial charge in [-0.1, -0.05) is 54.1 Å². The van der Waals surface area contributed by atoms with Gasteiger partial charge < -0.3 is 15.4 Å². The van der Waals surface area contributed by atoms with Crippen molar-refractivity contribution in [2.75, 3.05) is 10.6 Å². The molecule has 0 saturated heterocycles. The highest BCUT2D eigenvalue weighted by atomic mass is 35.5. The summed E-state index contributed by atoms with van der Waals surface area (Å²) in [6.45, 7) is 0.429. The van der Waals surface area contributed by atoms with Crippen LogP contribution >= 0.6 is 11.6 Å². The van der Waals surface area contributed by atoms with E-state index in [4.69, 9.17) is 16.3 Å². The van der Waals surface area contributed by atoms with Crippen LogP contribution in [0, 0.1) is 0 Å². The topological polar surface area (TPSA) is 50.4 Å². The molecule has 0 aliphatic heterocycles. The maximum absolute atomic E-state index is 12.2. The van der Waals surface area contributed by atoms with Gasteiger partial charge in [-0.05, 0) is 42.0 Å². The van der Waals surface area contributed by atoms with Gasteiger partial charge in [0.2, 0.25) is 0 Å². The molecule has 0 aliphatic rings. The predicted molar refractivity (Wildman–Crippen MR) is 101 cm³/mol. The molecular weight excluding hydrogens is 336 g/mol. The number of halogens is 1. The summed E-state index contributed by atoms with van der Waals surface area (Å²) in [5.41, 5.74) is 2.32. The molecule has 3 rings (SSSR count). The molecule has 25 heavy (non-hydrogen) atoms. The third-order valence-corrected chi connectivity index (χ3v) is 3.73. The lowest BCUT2D eigenvalue weighted by atomic mass is 10.2. The van der Waals surface area contributed by atoms with E-state index in [0.29, 0.717) is 28.8 Å². The first-order valence-corrected chi connectivity index (χ1v) is 8.18. The molecule has 0 atom stereocenters. The lowest BCUT2D eigenvalue weighted by molar-refractivity contribution is 0.261. The van der Waals surface area contributed by atoms with Crippen LogP contribution in [0.3, 0.4) is 0 Å². The number of urea groups is 1. The largest absolute Gasteiger partial charge is 0.487 e. The Labute approximate surface area is 151 Å². The number of ether oxygens (including phenoxy) is 1. The summed E-state index contributed by atoms with van der Waals surface area (Å²) in [4.78, 5) is 12.2. The normalized spacial score (nSPS) is 10.1. The number of hydrogen-bond acceptors (Lipinski definition) is 2. The Morgan fingerprint density at radius 3 is 2.28 bits per heavy atom. The van der Waals surface area contributed by atoms with Crippen molar-refractivity contribution in [1.82, 2.24) is 0 Å². The zero-order valence-electron chi connectivity index (χ0n) is 13.4. The van der Waals surface area contributed by atoms with E-state index in [2.05, 4.69) is 10.6 Å². The lowest BCUT2D eigenvalue weighted by Crippen LogP contribution is -2.19. The van der Waals surface area contributed by atoms with Crippen molar-refractivity contribution in [3.63, 3.8) is 0 Å². The van der Waals surface area contributed by atoms with Gasteiger partial charge in [0.25, 0.3) is 0 Å². The number of amides is 2. The molecule has 3 aromatic carbocycles. The van der Waals surface area contributed by atoms with E-state index in [1.807, 2.05) is 48.5 Å². The Morgan fingerprint density at radius 2 is 1.52 bits per heavy atom. The van der Waals surface area contributed by atoms with Crippen molar-refractivity contribution in [2.24, 2.45) is 0 Å². The fourth-order valence-corrected chi connectivity index (χ4v) is 2.37. The Morgan fingerprint density at radius 1 is 0.840 bits per heavy atom. The molecule has 5 heteroatoms. The average molecular weight is 353 g/mol. The highest BCUT2D eigenvalue weighted by Gasteiger charge is 2.08. The molecule has 0 radical (unpaired) electrons. The Hall–Kier alpha value is -2.98. The Bertz CT molecular complexity index is 836. The van der Waals surface area contributed by atoms with Gasteiger partial charge in [0.15, 0.2) is 0 Å². The van der Waals surface area contributed by atoms with Gasteiger partial charge in [-0.3, -0.25) is 0 Å². The fourth-order valence-electron chi connectivity index (χ4n) is 2.25.